The molecule has 0 atom stereocenters. The second-order valence-electron chi connectivity index (χ2n) is 7.36. The summed E-state index contributed by atoms with van der Waals surface area (Å²) in [5.74, 6) is 0.152. The quantitative estimate of drug-likeness (QED) is 0.503. The lowest BCUT2D eigenvalue weighted by atomic mass is 10.1. The molecule has 0 bridgehead atoms. The lowest BCUT2D eigenvalue weighted by Gasteiger charge is -2.34. The smallest absolute Gasteiger partial charge is 0.296 e. The number of rotatable bonds is 9. The second-order valence-corrected chi connectivity index (χ2v) is 7.36. The third-order valence-electron chi connectivity index (χ3n) is 5.36. The Labute approximate surface area is 176 Å². The minimum absolute atomic E-state index is 0.172. The van der Waals surface area contributed by atoms with Gasteiger partial charge in [0.1, 0.15) is 11.4 Å². The fourth-order valence-electron chi connectivity index (χ4n) is 3.54. The minimum atomic E-state index is -0.521. The molecule has 1 N–H and O–H groups in total. The van der Waals surface area contributed by atoms with Crippen LogP contribution in [0.2, 0.25) is 0 Å². The average molecular weight is 412 g/mol. The predicted octanol–water partition coefficient (Wildman–Crippen LogP) is 2.79. The number of piperazine rings is 1. The van der Waals surface area contributed by atoms with Gasteiger partial charge >= 0.3 is 0 Å². The van der Waals surface area contributed by atoms with Crippen LogP contribution < -0.4 is 10.1 Å². The number of carbonyl (C=O) groups excluding carboxylic acids is 1. The first kappa shape index (κ1) is 21.7. The second kappa shape index (κ2) is 10.7. The molecule has 0 spiro atoms. The SMILES string of the molecule is COc1ccc(NC(=O)CCN2CCN(CCc3ccccc3)CC2)c([N+](=O)[O-])c1. The first-order chi connectivity index (χ1) is 14.5. The molecule has 160 valence electrons. The molecule has 0 aromatic heterocycles. The van der Waals surface area contributed by atoms with Crippen LogP contribution in [-0.2, 0) is 11.2 Å². The molecule has 30 heavy (non-hydrogen) atoms. The standard InChI is InChI=1S/C22H28N4O4/c1-30-19-7-8-20(21(17-19)26(28)29)23-22(27)10-12-25-15-13-24(14-16-25)11-9-18-5-3-2-4-6-18/h2-8,17H,9-16H2,1H3,(H,23,27). The van der Waals surface area contributed by atoms with Crippen molar-refractivity contribution in [3.63, 3.8) is 0 Å². The molecule has 1 aliphatic heterocycles. The molecule has 1 saturated heterocycles. The van der Waals surface area contributed by atoms with Gasteiger partial charge in [-0.05, 0) is 24.1 Å². The number of nitrogens with zero attached hydrogens (tertiary/aromatic N) is 3. The lowest BCUT2D eigenvalue weighted by molar-refractivity contribution is -0.384. The molecule has 0 aliphatic carbocycles. The van der Waals surface area contributed by atoms with E-state index in [0.717, 1.165) is 39.1 Å². The zero-order valence-corrected chi connectivity index (χ0v) is 17.3. The topological polar surface area (TPSA) is 88.0 Å². The molecular formula is C22H28N4O4. The van der Waals surface area contributed by atoms with E-state index in [2.05, 4.69) is 39.4 Å². The van der Waals surface area contributed by atoms with Crippen LogP contribution in [0, 0.1) is 10.1 Å². The summed E-state index contributed by atoms with van der Waals surface area (Å²) in [5, 5.41) is 13.9. The fraction of sp³-hybridized carbons (Fsp3) is 0.409. The molecule has 3 rings (SSSR count). The summed E-state index contributed by atoms with van der Waals surface area (Å²) in [5.41, 5.74) is 1.37. The monoisotopic (exact) mass is 412 g/mol. The number of benzene rings is 2. The van der Waals surface area contributed by atoms with Gasteiger partial charge in [-0.3, -0.25) is 14.9 Å². The Balaban J connectivity index is 1.40. The van der Waals surface area contributed by atoms with Crippen LogP contribution in [0.5, 0.6) is 5.75 Å². The van der Waals surface area contributed by atoms with Crippen LogP contribution in [0.15, 0.2) is 48.5 Å². The van der Waals surface area contributed by atoms with Gasteiger partial charge in [-0.2, -0.15) is 0 Å². The number of ether oxygens (including phenoxy) is 1. The molecule has 1 heterocycles. The van der Waals surface area contributed by atoms with Gasteiger partial charge in [0.15, 0.2) is 0 Å². The van der Waals surface area contributed by atoms with Crippen LogP contribution in [0.3, 0.4) is 0 Å². The Hall–Kier alpha value is -2.97. The fourth-order valence-corrected chi connectivity index (χ4v) is 3.54. The lowest BCUT2D eigenvalue weighted by Crippen LogP contribution is -2.47. The number of anilines is 1. The summed E-state index contributed by atoms with van der Waals surface area (Å²) < 4.78 is 5.02. The Bertz CT molecular complexity index is 851. The van der Waals surface area contributed by atoms with Crippen molar-refractivity contribution in [2.75, 3.05) is 51.7 Å². The molecule has 0 saturated carbocycles. The number of hydrogen-bond acceptors (Lipinski definition) is 6. The van der Waals surface area contributed by atoms with E-state index in [-0.39, 0.29) is 17.3 Å². The third-order valence-corrected chi connectivity index (χ3v) is 5.36. The van der Waals surface area contributed by atoms with Gasteiger partial charge in [-0.1, -0.05) is 30.3 Å². The van der Waals surface area contributed by atoms with Gasteiger partial charge in [-0.25, -0.2) is 0 Å². The van der Waals surface area contributed by atoms with Crippen LogP contribution >= 0.6 is 0 Å². The number of amides is 1. The Kier molecular flexibility index (Phi) is 7.75. The van der Waals surface area contributed by atoms with E-state index in [1.165, 1.54) is 24.8 Å². The van der Waals surface area contributed by atoms with Crippen LogP contribution in [0.1, 0.15) is 12.0 Å². The summed E-state index contributed by atoms with van der Waals surface area (Å²) in [4.78, 5) is 27.7. The highest BCUT2D eigenvalue weighted by Gasteiger charge is 2.20. The van der Waals surface area contributed by atoms with E-state index >= 15 is 0 Å². The molecule has 8 nitrogen and oxygen atoms in total. The van der Waals surface area contributed by atoms with Gasteiger partial charge in [0.25, 0.3) is 5.69 Å². The molecule has 0 radical (unpaired) electrons. The number of hydrogen-bond donors (Lipinski definition) is 1. The molecule has 1 aliphatic rings. The van der Waals surface area contributed by atoms with Crippen molar-refractivity contribution in [3.8, 4) is 5.75 Å². The van der Waals surface area contributed by atoms with Crippen molar-refractivity contribution < 1.29 is 14.5 Å². The highest BCUT2D eigenvalue weighted by atomic mass is 16.6. The summed E-state index contributed by atoms with van der Waals surface area (Å²) in [6.07, 6.45) is 1.34. The first-order valence-electron chi connectivity index (χ1n) is 10.2. The van der Waals surface area contributed by atoms with Gasteiger partial charge in [0.2, 0.25) is 5.91 Å². The van der Waals surface area contributed by atoms with Gasteiger partial charge in [-0.15, -0.1) is 0 Å². The Morgan fingerprint density at radius 1 is 1.07 bits per heavy atom. The van der Waals surface area contributed by atoms with Crippen molar-refractivity contribution >= 4 is 17.3 Å². The Morgan fingerprint density at radius 3 is 2.37 bits per heavy atom. The number of nitro benzene ring substituents is 1. The minimum Gasteiger partial charge on any atom is -0.496 e. The van der Waals surface area contributed by atoms with Crippen molar-refractivity contribution in [2.24, 2.45) is 0 Å². The summed E-state index contributed by atoms with van der Waals surface area (Å²) in [6, 6.07) is 14.9. The molecule has 1 fully saturated rings. The highest BCUT2D eigenvalue weighted by Crippen LogP contribution is 2.29. The molecular weight excluding hydrogens is 384 g/mol. The maximum absolute atomic E-state index is 12.3. The molecule has 2 aromatic rings. The van der Waals surface area contributed by atoms with Crippen molar-refractivity contribution in [2.45, 2.75) is 12.8 Å². The zero-order chi connectivity index (χ0) is 21.3. The maximum atomic E-state index is 12.3. The maximum Gasteiger partial charge on any atom is 0.296 e. The summed E-state index contributed by atoms with van der Waals surface area (Å²) in [6.45, 7) is 5.49. The van der Waals surface area contributed by atoms with E-state index in [4.69, 9.17) is 4.74 Å². The molecule has 8 heteroatoms. The normalized spacial score (nSPS) is 15.0. The van der Waals surface area contributed by atoms with Crippen molar-refractivity contribution in [1.29, 1.82) is 0 Å². The third kappa shape index (κ3) is 6.27. The van der Waals surface area contributed by atoms with Crippen LogP contribution in [0.4, 0.5) is 11.4 Å². The van der Waals surface area contributed by atoms with Crippen molar-refractivity contribution in [3.05, 3.63) is 64.2 Å². The number of carbonyl (C=O) groups is 1. The van der Waals surface area contributed by atoms with E-state index < -0.39 is 4.92 Å². The predicted molar refractivity (Wildman–Crippen MR) is 116 cm³/mol. The van der Waals surface area contributed by atoms with Gasteiger partial charge < -0.3 is 19.9 Å². The van der Waals surface area contributed by atoms with Gasteiger partial charge in [0, 0.05) is 45.7 Å². The number of methoxy groups -OCH3 is 1. The molecule has 0 unspecified atom stereocenters. The van der Waals surface area contributed by atoms with Crippen molar-refractivity contribution in [1.82, 2.24) is 9.80 Å². The first-order valence-corrected chi connectivity index (χ1v) is 10.2. The van der Waals surface area contributed by atoms with Crippen LogP contribution in [0.25, 0.3) is 0 Å². The largest absolute Gasteiger partial charge is 0.496 e. The number of nitrogens with one attached hydrogen (secondary N) is 1. The zero-order valence-electron chi connectivity index (χ0n) is 17.3. The van der Waals surface area contributed by atoms with E-state index in [1.54, 1.807) is 6.07 Å². The number of nitro groups is 1. The molecule has 1 amide bonds. The van der Waals surface area contributed by atoms with Gasteiger partial charge in [0.05, 0.1) is 18.1 Å². The van der Waals surface area contributed by atoms with E-state index in [0.29, 0.717) is 18.7 Å². The Morgan fingerprint density at radius 2 is 1.73 bits per heavy atom. The van der Waals surface area contributed by atoms with E-state index in [9.17, 15) is 14.9 Å². The highest BCUT2D eigenvalue weighted by molar-refractivity contribution is 5.93. The summed E-state index contributed by atoms with van der Waals surface area (Å²) in [7, 11) is 1.44. The van der Waals surface area contributed by atoms with E-state index in [1.807, 2.05) is 6.07 Å². The summed E-state index contributed by atoms with van der Waals surface area (Å²) >= 11 is 0. The molecule has 2 aromatic carbocycles. The average Bonchev–Trinajstić information content (AvgIpc) is 2.78. The van der Waals surface area contributed by atoms with Crippen LogP contribution in [-0.4, -0.2) is 67.0 Å².